The second-order valence-corrected chi connectivity index (χ2v) is 5.86. The number of benzene rings is 1. The number of rotatable bonds is 8. The molecule has 0 aliphatic rings. The summed E-state index contributed by atoms with van der Waals surface area (Å²) in [6, 6.07) is 5.56. The van der Waals surface area contributed by atoms with E-state index in [0.717, 1.165) is 36.9 Å². The highest BCUT2D eigenvalue weighted by Gasteiger charge is 2.15. The van der Waals surface area contributed by atoms with Gasteiger partial charge in [0.15, 0.2) is 0 Å². The van der Waals surface area contributed by atoms with Crippen molar-refractivity contribution in [3.8, 4) is 0 Å². The smallest absolute Gasteiger partial charge is 0.127 e. The van der Waals surface area contributed by atoms with Crippen LogP contribution in [-0.4, -0.2) is 6.54 Å². The largest absolute Gasteiger partial charge is 0.310 e. The van der Waals surface area contributed by atoms with Crippen molar-refractivity contribution >= 4 is 0 Å². The Morgan fingerprint density at radius 1 is 1.21 bits per heavy atom. The van der Waals surface area contributed by atoms with E-state index < -0.39 is 0 Å². The summed E-state index contributed by atoms with van der Waals surface area (Å²) in [5.74, 6) is 0.637. The van der Waals surface area contributed by atoms with Crippen LogP contribution in [0.3, 0.4) is 0 Å². The van der Waals surface area contributed by atoms with Crippen LogP contribution in [0.5, 0.6) is 0 Å². The molecule has 0 amide bonds. The van der Waals surface area contributed by atoms with Gasteiger partial charge in [-0.15, -0.1) is 0 Å². The van der Waals surface area contributed by atoms with Crippen molar-refractivity contribution in [1.29, 1.82) is 0 Å². The van der Waals surface area contributed by atoms with Crippen molar-refractivity contribution in [2.75, 3.05) is 6.54 Å². The lowest BCUT2D eigenvalue weighted by atomic mass is 9.96. The van der Waals surface area contributed by atoms with E-state index >= 15 is 0 Å². The predicted octanol–water partition coefficient (Wildman–Crippen LogP) is 5.00. The molecular formula is C17H28FN. The Labute approximate surface area is 117 Å². The summed E-state index contributed by atoms with van der Waals surface area (Å²) in [6.45, 7) is 9.59. The number of aryl methyl sites for hydroxylation is 1. The summed E-state index contributed by atoms with van der Waals surface area (Å²) >= 11 is 0. The van der Waals surface area contributed by atoms with Gasteiger partial charge in [0, 0.05) is 11.6 Å². The van der Waals surface area contributed by atoms with E-state index in [4.69, 9.17) is 0 Å². The number of halogens is 1. The van der Waals surface area contributed by atoms with Gasteiger partial charge in [-0.3, -0.25) is 0 Å². The van der Waals surface area contributed by atoms with E-state index in [0.29, 0.717) is 5.92 Å². The molecule has 1 aromatic carbocycles. The zero-order valence-electron chi connectivity index (χ0n) is 12.8. The normalized spacial score (nSPS) is 12.9. The van der Waals surface area contributed by atoms with Crippen LogP contribution in [0.4, 0.5) is 4.39 Å². The molecule has 0 spiro atoms. The van der Waals surface area contributed by atoms with E-state index in [1.807, 2.05) is 19.1 Å². The van der Waals surface area contributed by atoms with Crippen LogP contribution in [0.2, 0.25) is 0 Å². The maximum absolute atomic E-state index is 14.0. The van der Waals surface area contributed by atoms with Crippen molar-refractivity contribution in [1.82, 2.24) is 5.32 Å². The van der Waals surface area contributed by atoms with Crippen molar-refractivity contribution < 1.29 is 4.39 Å². The van der Waals surface area contributed by atoms with Gasteiger partial charge < -0.3 is 5.32 Å². The lowest BCUT2D eigenvalue weighted by Crippen LogP contribution is -2.23. The van der Waals surface area contributed by atoms with Crippen molar-refractivity contribution in [2.24, 2.45) is 5.92 Å². The maximum atomic E-state index is 14.0. The third-order valence-corrected chi connectivity index (χ3v) is 3.44. The molecule has 0 saturated heterocycles. The fourth-order valence-corrected chi connectivity index (χ4v) is 2.35. The molecule has 1 N–H and O–H groups in total. The molecule has 0 aliphatic carbocycles. The molecule has 0 fully saturated rings. The first-order chi connectivity index (χ1) is 9.04. The average molecular weight is 265 g/mol. The molecular weight excluding hydrogens is 237 g/mol. The summed E-state index contributed by atoms with van der Waals surface area (Å²) in [4.78, 5) is 0. The lowest BCUT2D eigenvalue weighted by Gasteiger charge is -2.20. The van der Waals surface area contributed by atoms with Crippen molar-refractivity contribution in [3.63, 3.8) is 0 Å². The van der Waals surface area contributed by atoms with Crippen molar-refractivity contribution in [2.45, 2.75) is 59.4 Å². The van der Waals surface area contributed by atoms with Crippen LogP contribution in [0.1, 0.15) is 63.6 Å². The molecule has 19 heavy (non-hydrogen) atoms. The molecule has 1 atom stereocenters. The third-order valence-electron chi connectivity index (χ3n) is 3.44. The Balaban J connectivity index is 2.73. The Hall–Kier alpha value is -0.890. The summed E-state index contributed by atoms with van der Waals surface area (Å²) in [5, 5.41) is 3.49. The quantitative estimate of drug-likeness (QED) is 0.697. The summed E-state index contributed by atoms with van der Waals surface area (Å²) in [5.41, 5.74) is 1.96. The maximum Gasteiger partial charge on any atom is 0.127 e. The second kappa shape index (κ2) is 8.31. The van der Waals surface area contributed by atoms with Gasteiger partial charge in [-0.25, -0.2) is 4.39 Å². The molecule has 108 valence electrons. The molecule has 2 heteroatoms. The van der Waals surface area contributed by atoms with Gasteiger partial charge in [0.1, 0.15) is 5.82 Å². The number of hydrogen-bond donors (Lipinski definition) is 1. The van der Waals surface area contributed by atoms with Crippen LogP contribution in [0.15, 0.2) is 18.2 Å². The minimum atomic E-state index is -0.0799. The summed E-state index contributed by atoms with van der Waals surface area (Å²) < 4.78 is 14.0. The zero-order chi connectivity index (χ0) is 14.3. The van der Waals surface area contributed by atoms with Gasteiger partial charge in [-0.05, 0) is 38.3 Å². The first kappa shape index (κ1) is 16.2. The highest BCUT2D eigenvalue weighted by Crippen LogP contribution is 2.24. The van der Waals surface area contributed by atoms with Crippen LogP contribution in [-0.2, 0) is 0 Å². The standard InChI is InChI=1S/C17H28FN/c1-5-11-19-17(8-6-7-13(2)3)15-12-14(4)9-10-16(15)18/h9-10,12-13,17,19H,5-8,11H2,1-4H3. The minimum absolute atomic E-state index is 0.0799. The lowest BCUT2D eigenvalue weighted by molar-refractivity contribution is 0.434. The molecule has 1 nitrogen and oxygen atoms in total. The Morgan fingerprint density at radius 2 is 1.95 bits per heavy atom. The zero-order valence-corrected chi connectivity index (χ0v) is 12.8. The van der Waals surface area contributed by atoms with E-state index in [1.165, 1.54) is 6.42 Å². The Kier molecular flexibility index (Phi) is 7.07. The summed E-state index contributed by atoms with van der Waals surface area (Å²) in [6.07, 6.45) is 4.44. The van der Waals surface area contributed by atoms with Gasteiger partial charge in [-0.2, -0.15) is 0 Å². The fraction of sp³-hybridized carbons (Fsp3) is 0.647. The van der Waals surface area contributed by atoms with Crippen LogP contribution in [0, 0.1) is 18.7 Å². The van der Waals surface area contributed by atoms with Gasteiger partial charge in [0.2, 0.25) is 0 Å². The van der Waals surface area contributed by atoms with Gasteiger partial charge in [0.25, 0.3) is 0 Å². The molecule has 1 unspecified atom stereocenters. The molecule has 0 radical (unpaired) electrons. The van der Waals surface area contributed by atoms with Crippen LogP contribution >= 0.6 is 0 Å². The van der Waals surface area contributed by atoms with Gasteiger partial charge in [0.05, 0.1) is 0 Å². The first-order valence-electron chi connectivity index (χ1n) is 7.54. The second-order valence-electron chi connectivity index (χ2n) is 5.86. The molecule has 0 aromatic heterocycles. The number of nitrogens with one attached hydrogen (secondary N) is 1. The van der Waals surface area contributed by atoms with E-state index in [-0.39, 0.29) is 11.9 Å². The summed E-state index contributed by atoms with van der Waals surface area (Å²) in [7, 11) is 0. The average Bonchev–Trinajstić information content (AvgIpc) is 2.36. The van der Waals surface area contributed by atoms with Gasteiger partial charge in [-0.1, -0.05) is 51.3 Å². The van der Waals surface area contributed by atoms with Gasteiger partial charge >= 0.3 is 0 Å². The Bertz CT molecular complexity index is 374. The molecule has 0 aliphatic heterocycles. The van der Waals surface area contributed by atoms with E-state index in [2.05, 4.69) is 26.1 Å². The van der Waals surface area contributed by atoms with E-state index in [1.54, 1.807) is 6.07 Å². The van der Waals surface area contributed by atoms with Crippen molar-refractivity contribution in [3.05, 3.63) is 35.1 Å². The molecule has 1 rings (SSSR count). The van der Waals surface area contributed by atoms with Crippen LogP contribution < -0.4 is 5.32 Å². The Morgan fingerprint density at radius 3 is 2.58 bits per heavy atom. The predicted molar refractivity (Wildman–Crippen MR) is 80.9 cm³/mol. The minimum Gasteiger partial charge on any atom is -0.310 e. The first-order valence-corrected chi connectivity index (χ1v) is 7.54. The third kappa shape index (κ3) is 5.73. The fourth-order valence-electron chi connectivity index (χ4n) is 2.35. The highest BCUT2D eigenvalue weighted by atomic mass is 19.1. The monoisotopic (exact) mass is 265 g/mol. The molecule has 1 aromatic rings. The molecule has 0 heterocycles. The van der Waals surface area contributed by atoms with Crippen LogP contribution in [0.25, 0.3) is 0 Å². The molecule has 0 bridgehead atoms. The molecule has 0 saturated carbocycles. The van der Waals surface area contributed by atoms with E-state index in [9.17, 15) is 4.39 Å². The topological polar surface area (TPSA) is 12.0 Å². The SMILES string of the molecule is CCCNC(CCCC(C)C)c1cc(C)ccc1F. The highest BCUT2D eigenvalue weighted by molar-refractivity contribution is 5.26. The number of hydrogen-bond acceptors (Lipinski definition) is 1.